The molecule has 144 valence electrons. The molecule has 10 rings (SSSR count). The molecular weight excluding hydrogens is 324 g/mol. The van der Waals surface area contributed by atoms with Crippen LogP contribution in [0.5, 0.6) is 0 Å². The van der Waals surface area contributed by atoms with Gasteiger partial charge in [0.05, 0.1) is 0 Å². The van der Waals surface area contributed by atoms with Gasteiger partial charge in [0.2, 0.25) is 0 Å². The van der Waals surface area contributed by atoms with Crippen LogP contribution in [0, 0.1) is 93.7 Å². The molecule has 2 spiro atoms. The molecule has 0 nitrogen and oxygen atoms in total. The Labute approximate surface area is 164 Å². The zero-order valence-electron chi connectivity index (χ0n) is 16.9. The molecule has 0 amide bonds. The standard InChI is InChI=1S/C27H36/c1-2-7-26-9-6-12(26)10-15-18-21-22-19-16-13-4-5-14(13)17(16)20(19)23(22)24(21)25(18)27(15,11-26)8-3-1/h12-25H,1-11H2. The van der Waals surface area contributed by atoms with E-state index in [9.17, 15) is 0 Å². The summed E-state index contributed by atoms with van der Waals surface area (Å²) < 4.78 is 0. The van der Waals surface area contributed by atoms with Crippen LogP contribution in [0.1, 0.15) is 70.6 Å². The lowest BCUT2D eigenvalue weighted by Crippen LogP contribution is -2.91. The molecule has 0 aliphatic heterocycles. The summed E-state index contributed by atoms with van der Waals surface area (Å²) in [5.74, 6) is 17.8. The van der Waals surface area contributed by atoms with E-state index in [0.717, 1.165) is 10.8 Å². The van der Waals surface area contributed by atoms with Crippen molar-refractivity contribution in [2.45, 2.75) is 70.6 Å². The Balaban J connectivity index is 1.02. The van der Waals surface area contributed by atoms with Crippen LogP contribution in [-0.4, -0.2) is 0 Å². The maximum atomic E-state index is 1.74. The van der Waals surface area contributed by atoms with E-state index in [1.54, 1.807) is 70.6 Å². The van der Waals surface area contributed by atoms with Crippen molar-refractivity contribution in [1.82, 2.24) is 0 Å². The van der Waals surface area contributed by atoms with E-state index in [1.807, 2.05) is 0 Å². The molecule has 27 heavy (non-hydrogen) atoms. The molecule has 10 fully saturated rings. The van der Waals surface area contributed by atoms with E-state index < -0.39 is 0 Å². The van der Waals surface area contributed by atoms with E-state index in [1.165, 1.54) is 82.9 Å². The van der Waals surface area contributed by atoms with E-state index in [2.05, 4.69) is 0 Å². The van der Waals surface area contributed by atoms with Gasteiger partial charge in [-0.3, -0.25) is 0 Å². The largest absolute Gasteiger partial charge is 0.0533 e. The molecule has 0 radical (unpaired) electrons. The Bertz CT molecular complexity index is 783. The smallest absolute Gasteiger partial charge is 0.0227 e. The molecular formula is C27H36. The van der Waals surface area contributed by atoms with Gasteiger partial charge in [0, 0.05) is 0 Å². The lowest BCUT2D eigenvalue weighted by atomic mass is 9.10. The molecule has 0 aromatic rings. The van der Waals surface area contributed by atoms with Crippen molar-refractivity contribution >= 4 is 0 Å². The lowest BCUT2D eigenvalue weighted by Gasteiger charge is -2.95. The average Bonchev–Trinajstić information content (AvgIpc) is 2.58. The van der Waals surface area contributed by atoms with Gasteiger partial charge in [0.1, 0.15) is 0 Å². The maximum Gasteiger partial charge on any atom is -0.0227 e. The van der Waals surface area contributed by atoms with E-state index in [4.69, 9.17) is 0 Å². The van der Waals surface area contributed by atoms with Crippen LogP contribution in [0.25, 0.3) is 0 Å². The molecule has 0 aromatic carbocycles. The Morgan fingerprint density at radius 1 is 0.556 bits per heavy atom. The predicted molar refractivity (Wildman–Crippen MR) is 105 cm³/mol. The molecule has 2 bridgehead atoms. The summed E-state index contributed by atoms with van der Waals surface area (Å²) in [7, 11) is 0. The molecule has 10 aliphatic carbocycles. The second kappa shape index (κ2) is 3.85. The molecule has 0 heteroatoms. The number of hydrogen-bond acceptors (Lipinski definition) is 0. The molecule has 10 saturated carbocycles. The first kappa shape index (κ1) is 14.1. The van der Waals surface area contributed by atoms with Gasteiger partial charge in [-0.1, -0.05) is 19.3 Å². The third-order valence-electron chi connectivity index (χ3n) is 14.9. The second-order valence-electron chi connectivity index (χ2n) is 14.0. The van der Waals surface area contributed by atoms with Crippen LogP contribution in [0.3, 0.4) is 0 Å². The van der Waals surface area contributed by atoms with Gasteiger partial charge in [-0.15, -0.1) is 0 Å². The second-order valence-corrected chi connectivity index (χ2v) is 14.0. The van der Waals surface area contributed by atoms with E-state index >= 15 is 0 Å². The first-order valence-corrected chi connectivity index (χ1v) is 13.3. The van der Waals surface area contributed by atoms with Crippen LogP contribution in [0.4, 0.5) is 0 Å². The Kier molecular flexibility index (Phi) is 2.01. The summed E-state index contributed by atoms with van der Waals surface area (Å²) in [6.45, 7) is 0. The molecule has 0 N–H and O–H groups in total. The van der Waals surface area contributed by atoms with Crippen molar-refractivity contribution in [3.63, 3.8) is 0 Å². The van der Waals surface area contributed by atoms with Gasteiger partial charge in [-0.2, -0.15) is 0 Å². The highest BCUT2D eigenvalue weighted by atomic mass is 14.9. The summed E-state index contributed by atoms with van der Waals surface area (Å²) in [4.78, 5) is 0. The number of rotatable bonds is 0. The third-order valence-corrected chi connectivity index (χ3v) is 14.9. The summed E-state index contributed by atoms with van der Waals surface area (Å²) >= 11 is 0. The summed E-state index contributed by atoms with van der Waals surface area (Å²) in [5, 5.41) is 0. The number of hydrogen-bond donors (Lipinski definition) is 0. The van der Waals surface area contributed by atoms with Gasteiger partial charge in [0.25, 0.3) is 0 Å². The minimum absolute atomic E-state index is 0.882. The van der Waals surface area contributed by atoms with Crippen molar-refractivity contribution in [2.75, 3.05) is 0 Å². The normalized spacial score (nSPS) is 80.0. The van der Waals surface area contributed by atoms with Gasteiger partial charge < -0.3 is 0 Å². The van der Waals surface area contributed by atoms with E-state index in [-0.39, 0.29) is 0 Å². The van der Waals surface area contributed by atoms with Crippen molar-refractivity contribution in [3.05, 3.63) is 0 Å². The fourth-order valence-corrected chi connectivity index (χ4v) is 14.2. The summed E-state index contributed by atoms with van der Waals surface area (Å²) in [5.41, 5.74) is 1.79. The monoisotopic (exact) mass is 360 g/mol. The average molecular weight is 361 g/mol. The van der Waals surface area contributed by atoms with E-state index in [0.29, 0.717) is 0 Å². The third kappa shape index (κ3) is 1.09. The van der Waals surface area contributed by atoms with Crippen LogP contribution < -0.4 is 0 Å². The lowest BCUT2D eigenvalue weighted by molar-refractivity contribution is -0.479. The minimum Gasteiger partial charge on any atom is -0.0533 e. The maximum absolute atomic E-state index is 1.74. The topological polar surface area (TPSA) is 0 Å². The minimum atomic E-state index is 0.882. The van der Waals surface area contributed by atoms with Gasteiger partial charge in [0.15, 0.2) is 0 Å². The van der Waals surface area contributed by atoms with Crippen LogP contribution >= 0.6 is 0 Å². The number of fused-ring (bicyclic) bond motifs is 17. The fourth-order valence-electron chi connectivity index (χ4n) is 14.2. The zero-order chi connectivity index (χ0) is 16.9. The molecule has 16 unspecified atom stereocenters. The van der Waals surface area contributed by atoms with Gasteiger partial charge in [-0.05, 0) is 145 Å². The fraction of sp³-hybridized carbons (Fsp3) is 1.00. The zero-order valence-corrected chi connectivity index (χ0v) is 16.9. The Hall–Kier alpha value is 0. The highest BCUT2D eigenvalue weighted by molar-refractivity contribution is 5.37. The Morgan fingerprint density at radius 3 is 2.00 bits per heavy atom. The van der Waals surface area contributed by atoms with Gasteiger partial charge >= 0.3 is 0 Å². The molecule has 10 aliphatic rings. The molecule has 16 atom stereocenters. The first-order valence-electron chi connectivity index (χ1n) is 13.3. The van der Waals surface area contributed by atoms with Crippen molar-refractivity contribution < 1.29 is 0 Å². The van der Waals surface area contributed by atoms with Crippen LogP contribution in [0.2, 0.25) is 0 Å². The quantitative estimate of drug-likeness (QED) is 0.464. The van der Waals surface area contributed by atoms with Crippen molar-refractivity contribution in [2.24, 2.45) is 93.7 Å². The summed E-state index contributed by atoms with van der Waals surface area (Å²) in [6, 6.07) is 0. The molecule has 0 aromatic heterocycles. The Morgan fingerprint density at radius 2 is 1.26 bits per heavy atom. The predicted octanol–water partition coefficient (Wildman–Crippen LogP) is 6.01. The van der Waals surface area contributed by atoms with Crippen molar-refractivity contribution in [3.8, 4) is 0 Å². The van der Waals surface area contributed by atoms with Gasteiger partial charge in [-0.25, -0.2) is 0 Å². The first-order chi connectivity index (χ1) is 13.3. The highest BCUT2D eigenvalue weighted by Gasteiger charge is 2.90. The highest BCUT2D eigenvalue weighted by Crippen LogP contribution is 2.94. The van der Waals surface area contributed by atoms with Crippen molar-refractivity contribution in [1.29, 1.82) is 0 Å². The molecule has 0 saturated heterocycles. The summed E-state index contributed by atoms with van der Waals surface area (Å²) in [6.07, 6.45) is 18.1. The van der Waals surface area contributed by atoms with Crippen LogP contribution in [-0.2, 0) is 0 Å². The molecule has 0 heterocycles. The van der Waals surface area contributed by atoms with Crippen LogP contribution in [0.15, 0.2) is 0 Å². The SMILES string of the molecule is C1CCC23CCC2CC2C4C5C6C7C8C9CCC9C8C7C6C5C4C2(CC1)C3.